The number of carbonyl (C=O) groups is 2. The molecule has 0 spiro atoms. The number of hydrogen-bond donors (Lipinski definition) is 2. The fourth-order valence-corrected chi connectivity index (χ4v) is 3.16. The summed E-state index contributed by atoms with van der Waals surface area (Å²) >= 11 is 0. The lowest BCUT2D eigenvalue weighted by molar-refractivity contribution is -0.132. The van der Waals surface area contributed by atoms with Crippen LogP contribution in [0, 0.1) is 0 Å². The summed E-state index contributed by atoms with van der Waals surface area (Å²) in [6.45, 7) is 5.84. The number of benzene rings is 1. The number of amides is 2. The summed E-state index contributed by atoms with van der Waals surface area (Å²) < 4.78 is 0. The zero-order valence-electron chi connectivity index (χ0n) is 14.0. The topological polar surface area (TPSA) is 68.4 Å². The third-order valence-corrected chi connectivity index (χ3v) is 4.48. The van der Waals surface area contributed by atoms with Crippen molar-refractivity contribution in [2.24, 2.45) is 0 Å². The Morgan fingerprint density at radius 2 is 1.92 bits per heavy atom. The fourth-order valence-electron chi connectivity index (χ4n) is 3.16. The van der Waals surface area contributed by atoms with Crippen LogP contribution in [-0.2, 0) is 16.0 Å². The number of aromatic nitrogens is 1. The monoisotopic (exact) mass is 328 g/mol. The molecule has 1 aromatic carbocycles. The van der Waals surface area contributed by atoms with Gasteiger partial charge in [0.1, 0.15) is 0 Å². The second kappa shape index (κ2) is 7.49. The molecule has 2 amide bonds. The molecule has 0 radical (unpaired) electrons. The molecule has 1 saturated heterocycles. The number of rotatable bonds is 5. The molecule has 128 valence electrons. The summed E-state index contributed by atoms with van der Waals surface area (Å²) in [4.78, 5) is 31.4. The maximum atomic E-state index is 12.6. The molecule has 3 rings (SSSR count). The van der Waals surface area contributed by atoms with Crippen molar-refractivity contribution in [3.8, 4) is 0 Å². The minimum absolute atomic E-state index is 0.0519. The maximum Gasteiger partial charge on any atom is 0.234 e. The van der Waals surface area contributed by atoms with E-state index in [0.717, 1.165) is 29.6 Å². The highest BCUT2D eigenvalue weighted by Gasteiger charge is 2.22. The van der Waals surface area contributed by atoms with E-state index >= 15 is 0 Å². The molecule has 24 heavy (non-hydrogen) atoms. The van der Waals surface area contributed by atoms with Crippen molar-refractivity contribution in [3.63, 3.8) is 0 Å². The number of para-hydroxylation sites is 1. The van der Waals surface area contributed by atoms with Gasteiger partial charge < -0.3 is 15.2 Å². The van der Waals surface area contributed by atoms with Crippen molar-refractivity contribution in [2.75, 3.05) is 39.3 Å². The van der Waals surface area contributed by atoms with Gasteiger partial charge in [0.2, 0.25) is 11.8 Å². The van der Waals surface area contributed by atoms with E-state index in [4.69, 9.17) is 0 Å². The molecular formula is C18H24N4O2. The van der Waals surface area contributed by atoms with Gasteiger partial charge in [-0.15, -0.1) is 0 Å². The predicted molar refractivity (Wildman–Crippen MR) is 93.7 cm³/mol. The van der Waals surface area contributed by atoms with E-state index in [2.05, 4.69) is 15.2 Å². The lowest BCUT2D eigenvalue weighted by atomic mass is 10.1. The van der Waals surface area contributed by atoms with Crippen LogP contribution in [0.2, 0.25) is 0 Å². The molecule has 2 heterocycles. The van der Waals surface area contributed by atoms with Crippen molar-refractivity contribution in [1.29, 1.82) is 0 Å². The molecule has 1 aliphatic heterocycles. The van der Waals surface area contributed by atoms with Crippen LogP contribution >= 0.6 is 0 Å². The average molecular weight is 328 g/mol. The van der Waals surface area contributed by atoms with Crippen LogP contribution < -0.4 is 5.32 Å². The van der Waals surface area contributed by atoms with E-state index in [0.29, 0.717) is 32.6 Å². The molecule has 6 nitrogen and oxygen atoms in total. The number of aromatic amines is 1. The Hall–Kier alpha value is -2.34. The molecule has 2 aromatic rings. The Morgan fingerprint density at radius 1 is 1.17 bits per heavy atom. The molecule has 6 heteroatoms. The first-order chi connectivity index (χ1) is 11.7. The third kappa shape index (κ3) is 3.76. The summed E-state index contributed by atoms with van der Waals surface area (Å²) in [6.07, 6.45) is 2.34. The number of piperazine rings is 1. The molecule has 2 N–H and O–H groups in total. The number of H-pyrrole nitrogens is 1. The van der Waals surface area contributed by atoms with Crippen LogP contribution in [0.5, 0.6) is 0 Å². The van der Waals surface area contributed by atoms with E-state index in [1.807, 2.05) is 42.3 Å². The number of carbonyl (C=O) groups excluding carboxylic acids is 2. The average Bonchev–Trinajstić information content (AvgIpc) is 2.99. The summed E-state index contributed by atoms with van der Waals surface area (Å²) in [5.41, 5.74) is 2.10. The van der Waals surface area contributed by atoms with Gasteiger partial charge in [0, 0.05) is 49.8 Å². The van der Waals surface area contributed by atoms with E-state index in [1.54, 1.807) is 0 Å². The van der Waals surface area contributed by atoms with E-state index in [-0.39, 0.29) is 11.8 Å². The molecule has 1 aromatic heterocycles. The van der Waals surface area contributed by atoms with Crippen molar-refractivity contribution >= 4 is 22.7 Å². The normalized spacial score (nSPS) is 15.6. The Labute approximate surface area is 141 Å². The molecule has 1 fully saturated rings. The molecular weight excluding hydrogens is 304 g/mol. The van der Waals surface area contributed by atoms with Crippen molar-refractivity contribution in [3.05, 3.63) is 36.0 Å². The minimum Gasteiger partial charge on any atom is -0.361 e. The van der Waals surface area contributed by atoms with Crippen LogP contribution in [0.4, 0.5) is 0 Å². The van der Waals surface area contributed by atoms with Crippen molar-refractivity contribution in [2.45, 2.75) is 13.3 Å². The second-order valence-corrected chi connectivity index (χ2v) is 6.15. The number of nitrogens with zero attached hydrogens (tertiary/aromatic N) is 2. The van der Waals surface area contributed by atoms with Crippen LogP contribution in [0.1, 0.15) is 12.5 Å². The van der Waals surface area contributed by atoms with Crippen molar-refractivity contribution in [1.82, 2.24) is 20.1 Å². The van der Waals surface area contributed by atoms with Gasteiger partial charge >= 0.3 is 0 Å². The summed E-state index contributed by atoms with van der Waals surface area (Å²) in [5, 5.41) is 3.92. The number of likely N-dealkylation sites (N-methyl/N-ethyl adjacent to an activating group) is 1. The van der Waals surface area contributed by atoms with Gasteiger partial charge in [-0.3, -0.25) is 14.5 Å². The van der Waals surface area contributed by atoms with Crippen LogP contribution in [0.15, 0.2) is 30.5 Å². The first-order valence-corrected chi connectivity index (χ1v) is 8.49. The summed E-state index contributed by atoms with van der Waals surface area (Å²) in [5.74, 6) is 0.202. The van der Waals surface area contributed by atoms with Gasteiger partial charge in [-0.2, -0.15) is 0 Å². The van der Waals surface area contributed by atoms with Gasteiger partial charge in [0.15, 0.2) is 0 Å². The highest BCUT2D eigenvalue weighted by atomic mass is 16.2. The summed E-state index contributed by atoms with van der Waals surface area (Å²) in [7, 11) is 0. The molecule has 0 saturated carbocycles. The van der Waals surface area contributed by atoms with Crippen LogP contribution in [0.25, 0.3) is 10.9 Å². The first-order valence-electron chi connectivity index (χ1n) is 8.49. The molecule has 0 bridgehead atoms. The van der Waals surface area contributed by atoms with Crippen LogP contribution in [0.3, 0.4) is 0 Å². The SMILES string of the molecule is CCNC(=O)CN1CCN(C(=O)Cc2c[nH]c3ccccc23)CC1. The van der Waals surface area contributed by atoms with Gasteiger partial charge in [0.05, 0.1) is 13.0 Å². The van der Waals surface area contributed by atoms with Crippen LogP contribution in [-0.4, -0.2) is 65.9 Å². The highest BCUT2D eigenvalue weighted by molar-refractivity contribution is 5.89. The Bertz CT molecular complexity index is 717. The van der Waals surface area contributed by atoms with E-state index < -0.39 is 0 Å². The number of nitrogens with one attached hydrogen (secondary N) is 2. The maximum absolute atomic E-state index is 12.6. The fraction of sp³-hybridized carbons (Fsp3) is 0.444. The number of hydrogen-bond acceptors (Lipinski definition) is 3. The Morgan fingerprint density at radius 3 is 2.67 bits per heavy atom. The summed E-state index contributed by atoms with van der Waals surface area (Å²) in [6, 6.07) is 8.03. The third-order valence-electron chi connectivity index (χ3n) is 4.48. The largest absolute Gasteiger partial charge is 0.361 e. The lowest BCUT2D eigenvalue weighted by Gasteiger charge is -2.34. The minimum atomic E-state index is 0.0519. The Balaban J connectivity index is 1.53. The van der Waals surface area contributed by atoms with E-state index in [9.17, 15) is 9.59 Å². The molecule has 0 unspecified atom stereocenters. The van der Waals surface area contributed by atoms with Gasteiger partial charge in [-0.1, -0.05) is 18.2 Å². The second-order valence-electron chi connectivity index (χ2n) is 6.15. The smallest absolute Gasteiger partial charge is 0.234 e. The van der Waals surface area contributed by atoms with E-state index in [1.165, 1.54) is 0 Å². The van der Waals surface area contributed by atoms with Gasteiger partial charge in [-0.05, 0) is 18.6 Å². The quantitative estimate of drug-likeness (QED) is 0.860. The molecule has 1 aliphatic rings. The number of fused-ring (bicyclic) bond motifs is 1. The van der Waals surface area contributed by atoms with Crippen molar-refractivity contribution < 1.29 is 9.59 Å². The molecule has 0 aliphatic carbocycles. The Kier molecular flexibility index (Phi) is 5.15. The zero-order chi connectivity index (χ0) is 16.9. The standard InChI is InChI=1S/C18H24N4O2/c1-2-19-17(23)13-21-7-9-22(10-8-21)18(24)11-14-12-20-16-6-4-3-5-15(14)16/h3-6,12,20H,2,7-11,13H2,1H3,(H,19,23). The highest BCUT2D eigenvalue weighted by Crippen LogP contribution is 2.19. The zero-order valence-corrected chi connectivity index (χ0v) is 14.0. The first kappa shape index (κ1) is 16.5. The predicted octanol–water partition coefficient (Wildman–Crippen LogP) is 0.991. The van der Waals surface area contributed by atoms with Gasteiger partial charge in [-0.25, -0.2) is 0 Å². The molecule has 0 atom stereocenters. The lowest BCUT2D eigenvalue weighted by Crippen LogP contribution is -2.51. The van der Waals surface area contributed by atoms with Gasteiger partial charge in [0.25, 0.3) is 0 Å².